The molecule has 3 heteroatoms. The normalized spacial score (nSPS) is 12.5. The average molecular weight is 195 g/mol. The number of aliphatic hydroxyl groups excluding tert-OH is 1. The lowest BCUT2D eigenvalue weighted by Gasteiger charge is -2.11. The van der Waals surface area contributed by atoms with Gasteiger partial charge in [-0.3, -0.25) is 0 Å². The van der Waals surface area contributed by atoms with Gasteiger partial charge in [0.25, 0.3) is 0 Å². The minimum atomic E-state index is 0.0318. The van der Waals surface area contributed by atoms with Crippen molar-refractivity contribution in [2.75, 3.05) is 13.2 Å². The topological polar surface area (TPSA) is 55.5 Å². The van der Waals surface area contributed by atoms with E-state index in [4.69, 9.17) is 15.6 Å². The van der Waals surface area contributed by atoms with Crippen LogP contribution in [-0.2, 0) is 0 Å². The summed E-state index contributed by atoms with van der Waals surface area (Å²) >= 11 is 0. The summed E-state index contributed by atoms with van der Waals surface area (Å²) in [5.41, 5.74) is 6.96. The Balaban J connectivity index is 2.68. The second kappa shape index (κ2) is 5.62. The lowest BCUT2D eigenvalue weighted by Crippen LogP contribution is -2.09. The Hall–Kier alpha value is -1.06. The summed E-state index contributed by atoms with van der Waals surface area (Å²) in [5, 5.41) is 8.60. The molecule has 3 nitrogen and oxygen atoms in total. The van der Waals surface area contributed by atoms with Gasteiger partial charge in [0.15, 0.2) is 0 Å². The van der Waals surface area contributed by atoms with Gasteiger partial charge in [-0.1, -0.05) is 19.1 Å². The van der Waals surface area contributed by atoms with Crippen LogP contribution in [-0.4, -0.2) is 18.3 Å². The summed E-state index contributed by atoms with van der Waals surface area (Å²) in [6.45, 7) is 2.40. The molecule has 0 fully saturated rings. The highest BCUT2D eigenvalue weighted by atomic mass is 16.5. The van der Waals surface area contributed by atoms with Crippen LogP contribution < -0.4 is 10.5 Å². The molecule has 0 amide bonds. The van der Waals surface area contributed by atoms with Crippen LogP contribution in [0.1, 0.15) is 24.9 Å². The fourth-order valence-electron chi connectivity index (χ4n) is 1.23. The third kappa shape index (κ3) is 3.01. The molecule has 0 heterocycles. The zero-order chi connectivity index (χ0) is 10.4. The van der Waals surface area contributed by atoms with Gasteiger partial charge in [-0.05, 0) is 24.1 Å². The Morgan fingerprint density at radius 2 is 2.29 bits per heavy atom. The fraction of sp³-hybridized carbons (Fsp3) is 0.455. The summed E-state index contributed by atoms with van der Waals surface area (Å²) in [6.07, 6.45) is 0.906. The van der Waals surface area contributed by atoms with E-state index < -0.39 is 0 Å². The van der Waals surface area contributed by atoms with Gasteiger partial charge in [-0.2, -0.15) is 0 Å². The van der Waals surface area contributed by atoms with Crippen molar-refractivity contribution in [3.63, 3.8) is 0 Å². The van der Waals surface area contributed by atoms with Gasteiger partial charge < -0.3 is 15.6 Å². The standard InChI is InChI=1S/C11H17NO2/c1-2-11(12)9-4-3-5-10(8-9)14-7-6-13/h3-5,8,11,13H,2,6-7,12H2,1H3. The van der Waals surface area contributed by atoms with Gasteiger partial charge in [-0.25, -0.2) is 0 Å². The van der Waals surface area contributed by atoms with Crippen molar-refractivity contribution in [1.82, 2.24) is 0 Å². The highest BCUT2D eigenvalue weighted by Gasteiger charge is 2.03. The van der Waals surface area contributed by atoms with Crippen molar-refractivity contribution >= 4 is 0 Å². The van der Waals surface area contributed by atoms with E-state index >= 15 is 0 Å². The van der Waals surface area contributed by atoms with E-state index in [1.165, 1.54) is 0 Å². The van der Waals surface area contributed by atoms with Crippen molar-refractivity contribution in [1.29, 1.82) is 0 Å². The van der Waals surface area contributed by atoms with Crippen LogP contribution in [0.25, 0.3) is 0 Å². The second-order valence-electron chi connectivity index (χ2n) is 3.16. The molecule has 0 spiro atoms. The molecule has 0 saturated heterocycles. The summed E-state index contributed by atoms with van der Waals surface area (Å²) in [7, 11) is 0. The number of nitrogens with two attached hydrogens (primary N) is 1. The zero-order valence-electron chi connectivity index (χ0n) is 8.44. The molecular weight excluding hydrogens is 178 g/mol. The Morgan fingerprint density at radius 3 is 2.93 bits per heavy atom. The molecule has 3 N–H and O–H groups in total. The largest absolute Gasteiger partial charge is 0.491 e. The Morgan fingerprint density at radius 1 is 1.50 bits per heavy atom. The maximum atomic E-state index is 8.60. The van der Waals surface area contributed by atoms with Gasteiger partial charge in [0, 0.05) is 6.04 Å². The van der Waals surface area contributed by atoms with Crippen LogP contribution in [0.2, 0.25) is 0 Å². The molecule has 78 valence electrons. The summed E-state index contributed by atoms with van der Waals surface area (Å²) in [6, 6.07) is 7.75. The van der Waals surface area contributed by atoms with Crippen molar-refractivity contribution in [3.8, 4) is 5.75 Å². The minimum absolute atomic E-state index is 0.0318. The fourth-order valence-corrected chi connectivity index (χ4v) is 1.23. The Labute approximate surface area is 84.5 Å². The molecule has 1 aromatic carbocycles. The molecule has 1 unspecified atom stereocenters. The van der Waals surface area contributed by atoms with Gasteiger partial charge in [0.1, 0.15) is 12.4 Å². The predicted octanol–water partition coefficient (Wildman–Crippen LogP) is 1.47. The second-order valence-corrected chi connectivity index (χ2v) is 3.16. The number of ether oxygens (including phenoxy) is 1. The maximum absolute atomic E-state index is 8.60. The number of rotatable bonds is 5. The molecular formula is C11H17NO2. The van der Waals surface area contributed by atoms with Gasteiger partial charge in [0.2, 0.25) is 0 Å². The third-order valence-corrected chi connectivity index (χ3v) is 2.09. The molecule has 1 rings (SSSR count). The first-order chi connectivity index (χ1) is 6.77. The Bertz CT molecular complexity index is 276. The summed E-state index contributed by atoms with van der Waals surface area (Å²) in [5.74, 6) is 0.764. The quantitative estimate of drug-likeness (QED) is 0.748. The van der Waals surface area contributed by atoms with E-state index in [9.17, 15) is 0 Å². The highest BCUT2D eigenvalue weighted by Crippen LogP contribution is 2.19. The number of benzene rings is 1. The maximum Gasteiger partial charge on any atom is 0.119 e. The molecule has 14 heavy (non-hydrogen) atoms. The van der Waals surface area contributed by atoms with E-state index in [2.05, 4.69) is 0 Å². The highest BCUT2D eigenvalue weighted by molar-refractivity contribution is 5.30. The van der Waals surface area contributed by atoms with E-state index in [0.29, 0.717) is 6.61 Å². The lowest BCUT2D eigenvalue weighted by molar-refractivity contribution is 0.201. The van der Waals surface area contributed by atoms with Gasteiger partial charge in [0.05, 0.1) is 6.61 Å². The molecule has 0 aliphatic carbocycles. The first-order valence-electron chi connectivity index (χ1n) is 4.87. The molecule has 1 atom stereocenters. The zero-order valence-corrected chi connectivity index (χ0v) is 8.44. The van der Waals surface area contributed by atoms with Crippen LogP contribution in [0.5, 0.6) is 5.75 Å². The smallest absolute Gasteiger partial charge is 0.119 e. The number of hydrogen-bond donors (Lipinski definition) is 2. The van der Waals surface area contributed by atoms with Crippen LogP contribution in [0, 0.1) is 0 Å². The van der Waals surface area contributed by atoms with E-state index in [1.807, 2.05) is 31.2 Å². The lowest BCUT2D eigenvalue weighted by atomic mass is 10.1. The van der Waals surface area contributed by atoms with Gasteiger partial charge in [-0.15, -0.1) is 0 Å². The average Bonchev–Trinajstić information content (AvgIpc) is 2.25. The number of hydrogen-bond acceptors (Lipinski definition) is 3. The first-order valence-corrected chi connectivity index (χ1v) is 4.87. The number of aliphatic hydroxyl groups is 1. The molecule has 0 radical (unpaired) electrons. The SMILES string of the molecule is CCC(N)c1cccc(OCCO)c1. The Kier molecular flexibility index (Phi) is 4.43. The summed E-state index contributed by atoms with van der Waals surface area (Å²) in [4.78, 5) is 0. The van der Waals surface area contributed by atoms with Crippen LogP contribution in [0.15, 0.2) is 24.3 Å². The molecule has 0 aromatic heterocycles. The first kappa shape index (κ1) is 11.0. The summed E-state index contributed by atoms with van der Waals surface area (Å²) < 4.78 is 5.28. The van der Waals surface area contributed by atoms with E-state index in [0.717, 1.165) is 17.7 Å². The predicted molar refractivity (Wildman–Crippen MR) is 56.2 cm³/mol. The third-order valence-electron chi connectivity index (χ3n) is 2.09. The van der Waals surface area contributed by atoms with Gasteiger partial charge >= 0.3 is 0 Å². The van der Waals surface area contributed by atoms with Crippen molar-refractivity contribution < 1.29 is 9.84 Å². The van der Waals surface area contributed by atoms with Crippen molar-refractivity contribution in [3.05, 3.63) is 29.8 Å². The van der Waals surface area contributed by atoms with Crippen molar-refractivity contribution in [2.45, 2.75) is 19.4 Å². The van der Waals surface area contributed by atoms with Crippen LogP contribution in [0.3, 0.4) is 0 Å². The van der Waals surface area contributed by atoms with Crippen LogP contribution >= 0.6 is 0 Å². The van der Waals surface area contributed by atoms with Crippen LogP contribution in [0.4, 0.5) is 0 Å². The molecule has 0 bridgehead atoms. The molecule has 0 aliphatic rings. The van der Waals surface area contributed by atoms with E-state index in [1.54, 1.807) is 0 Å². The molecule has 0 aliphatic heterocycles. The van der Waals surface area contributed by atoms with E-state index in [-0.39, 0.29) is 12.6 Å². The minimum Gasteiger partial charge on any atom is -0.491 e. The molecule has 1 aromatic rings. The molecule has 0 saturated carbocycles. The van der Waals surface area contributed by atoms with Crippen molar-refractivity contribution in [2.24, 2.45) is 5.73 Å². The monoisotopic (exact) mass is 195 g/mol.